The normalized spacial score (nSPS) is 19.2. The molecule has 3 unspecified atom stereocenters. The first-order chi connectivity index (χ1) is 14.8. The van der Waals surface area contributed by atoms with Gasteiger partial charge in [-0.05, 0) is 72.5 Å². The average Bonchev–Trinajstić information content (AvgIpc) is 2.76. The van der Waals surface area contributed by atoms with Gasteiger partial charge in [0, 0.05) is 5.69 Å². The molecule has 160 valence electrons. The summed E-state index contributed by atoms with van der Waals surface area (Å²) in [5.74, 6) is -2.20. The number of hydrogen-bond donors (Lipinski definition) is 3. The van der Waals surface area contributed by atoms with Crippen LogP contribution in [0.2, 0.25) is 0 Å². The molecule has 0 bridgehead atoms. The van der Waals surface area contributed by atoms with Crippen molar-refractivity contribution < 1.29 is 28.9 Å². The number of nitrogens with zero attached hydrogens (tertiary/aromatic N) is 1. The van der Waals surface area contributed by atoms with Crippen LogP contribution in [0, 0.1) is 17.6 Å². The SMILES string of the molecule is O=C1C(CCC(O)c2ccc(F)c(O)c2)C(c2ccc(O)cc2)N1c1ccc(F)cc1. The smallest absolute Gasteiger partial charge is 0.233 e. The molecule has 0 radical (unpaired) electrons. The quantitative estimate of drug-likeness (QED) is 0.505. The fourth-order valence-electron chi connectivity index (χ4n) is 4.01. The van der Waals surface area contributed by atoms with E-state index in [9.17, 15) is 28.9 Å². The lowest BCUT2D eigenvalue weighted by Gasteiger charge is -2.48. The highest BCUT2D eigenvalue weighted by atomic mass is 19.1. The van der Waals surface area contributed by atoms with Crippen LogP contribution < -0.4 is 4.90 Å². The van der Waals surface area contributed by atoms with Crippen molar-refractivity contribution in [3.8, 4) is 11.5 Å². The van der Waals surface area contributed by atoms with E-state index in [2.05, 4.69) is 0 Å². The van der Waals surface area contributed by atoms with Crippen LogP contribution in [-0.4, -0.2) is 21.2 Å². The Morgan fingerprint density at radius 2 is 1.61 bits per heavy atom. The van der Waals surface area contributed by atoms with Crippen molar-refractivity contribution in [2.75, 3.05) is 4.90 Å². The van der Waals surface area contributed by atoms with E-state index >= 15 is 0 Å². The van der Waals surface area contributed by atoms with Crippen LogP contribution in [-0.2, 0) is 4.79 Å². The molecule has 1 heterocycles. The summed E-state index contributed by atoms with van der Waals surface area (Å²) in [5, 5.41) is 29.6. The third-order valence-electron chi connectivity index (χ3n) is 5.66. The Kier molecular flexibility index (Phi) is 5.61. The minimum absolute atomic E-state index is 0.103. The lowest BCUT2D eigenvalue weighted by Crippen LogP contribution is -2.55. The fraction of sp³-hybridized carbons (Fsp3) is 0.208. The van der Waals surface area contributed by atoms with E-state index in [1.54, 1.807) is 17.0 Å². The highest BCUT2D eigenvalue weighted by Gasteiger charge is 2.48. The molecular formula is C24H21F2NO4. The molecule has 0 aromatic heterocycles. The van der Waals surface area contributed by atoms with E-state index in [-0.39, 0.29) is 24.1 Å². The number of carbonyl (C=O) groups excluding carboxylic acids is 1. The molecule has 1 saturated heterocycles. The third-order valence-corrected chi connectivity index (χ3v) is 5.66. The molecule has 5 nitrogen and oxygen atoms in total. The van der Waals surface area contributed by atoms with Gasteiger partial charge in [-0.25, -0.2) is 8.78 Å². The first-order valence-electron chi connectivity index (χ1n) is 9.89. The van der Waals surface area contributed by atoms with Crippen LogP contribution in [0.4, 0.5) is 14.5 Å². The van der Waals surface area contributed by atoms with Gasteiger partial charge in [0.05, 0.1) is 18.1 Å². The van der Waals surface area contributed by atoms with E-state index in [1.165, 1.54) is 48.5 Å². The molecule has 0 aliphatic carbocycles. The number of aliphatic hydroxyl groups is 1. The fourth-order valence-corrected chi connectivity index (χ4v) is 4.01. The van der Waals surface area contributed by atoms with Gasteiger partial charge in [0.25, 0.3) is 0 Å². The molecular weight excluding hydrogens is 404 g/mol. The van der Waals surface area contributed by atoms with E-state index < -0.39 is 29.4 Å². The number of β-lactam (4-membered cyclic amide) rings is 1. The van der Waals surface area contributed by atoms with E-state index in [1.807, 2.05) is 0 Å². The van der Waals surface area contributed by atoms with Crippen LogP contribution in [0.15, 0.2) is 66.7 Å². The molecule has 1 amide bonds. The number of amides is 1. The van der Waals surface area contributed by atoms with Crippen molar-refractivity contribution in [2.24, 2.45) is 5.92 Å². The molecule has 3 aromatic rings. The summed E-state index contributed by atoms with van der Waals surface area (Å²) < 4.78 is 26.6. The van der Waals surface area contributed by atoms with Crippen LogP contribution in [0.25, 0.3) is 0 Å². The van der Waals surface area contributed by atoms with Gasteiger partial charge < -0.3 is 20.2 Å². The maximum absolute atomic E-state index is 13.3. The molecule has 1 aliphatic rings. The number of rotatable bonds is 6. The maximum Gasteiger partial charge on any atom is 0.233 e. The molecule has 3 aromatic carbocycles. The largest absolute Gasteiger partial charge is 0.508 e. The first-order valence-corrected chi connectivity index (χ1v) is 9.89. The number of anilines is 1. The van der Waals surface area contributed by atoms with Crippen molar-refractivity contribution in [3.05, 3.63) is 89.5 Å². The van der Waals surface area contributed by atoms with Gasteiger partial charge in [0.15, 0.2) is 11.6 Å². The predicted molar refractivity (Wildman–Crippen MR) is 110 cm³/mol. The summed E-state index contributed by atoms with van der Waals surface area (Å²) in [5.41, 5.74) is 1.73. The number of phenols is 2. The summed E-state index contributed by atoms with van der Waals surface area (Å²) in [7, 11) is 0. The van der Waals surface area contributed by atoms with Crippen molar-refractivity contribution >= 4 is 11.6 Å². The molecule has 3 N–H and O–H groups in total. The van der Waals surface area contributed by atoms with Crippen LogP contribution in [0.1, 0.15) is 36.1 Å². The number of hydrogen-bond acceptors (Lipinski definition) is 4. The van der Waals surface area contributed by atoms with Gasteiger partial charge in [-0.2, -0.15) is 0 Å². The van der Waals surface area contributed by atoms with Crippen LogP contribution in [0.3, 0.4) is 0 Å². The lowest BCUT2D eigenvalue weighted by molar-refractivity contribution is -0.131. The summed E-state index contributed by atoms with van der Waals surface area (Å²) in [6.45, 7) is 0. The Morgan fingerprint density at radius 3 is 2.26 bits per heavy atom. The second-order valence-corrected chi connectivity index (χ2v) is 7.63. The van der Waals surface area contributed by atoms with Gasteiger partial charge in [-0.1, -0.05) is 18.2 Å². The summed E-state index contributed by atoms with van der Waals surface area (Å²) >= 11 is 0. The monoisotopic (exact) mass is 425 g/mol. The van der Waals surface area contributed by atoms with Gasteiger partial charge in [-0.3, -0.25) is 4.79 Å². The Morgan fingerprint density at radius 1 is 0.935 bits per heavy atom. The Bertz CT molecular complexity index is 1090. The molecule has 4 rings (SSSR count). The van der Waals surface area contributed by atoms with Gasteiger partial charge >= 0.3 is 0 Å². The summed E-state index contributed by atoms with van der Waals surface area (Å²) in [6.07, 6.45) is -0.394. The number of aromatic hydroxyl groups is 2. The van der Waals surface area contributed by atoms with Gasteiger partial charge in [-0.15, -0.1) is 0 Å². The summed E-state index contributed by atoms with van der Waals surface area (Å²) in [6, 6.07) is 15.5. The molecule has 0 saturated carbocycles. The Hall–Kier alpha value is -3.45. The first kappa shape index (κ1) is 20.8. The number of phenolic OH excluding ortho intramolecular Hbond substituents is 2. The average molecular weight is 425 g/mol. The Labute approximate surface area is 177 Å². The number of benzene rings is 3. The Balaban J connectivity index is 1.55. The van der Waals surface area contributed by atoms with Gasteiger partial charge in [0.2, 0.25) is 5.91 Å². The number of aliphatic hydroxyl groups excluding tert-OH is 1. The molecule has 7 heteroatoms. The standard InChI is InChI=1S/C24H21F2NO4/c25-16-4-6-17(7-5-16)27-23(14-1-8-18(28)9-2-14)19(24(27)31)10-12-21(29)15-3-11-20(26)22(30)13-15/h1-9,11,13,19,21,23,28-30H,10,12H2. The predicted octanol–water partition coefficient (Wildman–Crippen LogP) is 4.59. The van der Waals surface area contributed by atoms with Crippen molar-refractivity contribution in [1.29, 1.82) is 0 Å². The zero-order valence-corrected chi connectivity index (χ0v) is 16.5. The van der Waals surface area contributed by atoms with E-state index in [0.29, 0.717) is 17.7 Å². The third kappa shape index (κ3) is 4.09. The lowest BCUT2D eigenvalue weighted by atomic mass is 9.78. The molecule has 1 aliphatic heterocycles. The highest BCUT2D eigenvalue weighted by molar-refractivity contribution is 6.03. The molecule has 3 atom stereocenters. The zero-order chi connectivity index (χ0) is 22.1. The molecule has 31 heavy (non-hydrogen) atoms. The number of halogens is 2. The maximum atomic E-state index is 13.3. The second kappa shape index (κ2) is 8.35. The minimum atomic E-state index is -0.973. The van der Waals surface area contributed by atoms with Crippen molar-refractivity contribution in [1.82, 2.24) is 0 Å². The number of carbonyl (C=O) groups is 1. The topological polar surface area (TPSA) is 81.0 Å². The van der Waals surface area contributed by atoms with Crippen molar-refractivity contribution in [3.63, 3.8) is 0 Å². The molecule has 0 spiro atoms. The van der Waals surface area contributed by atoms with Crippen LogP contribution >= 0.6 is 0 Å². The summed E-state index contributed by atoms with van der Waals surface area (Å²) in [4.78, 5) is 14.5. The van der Waals surface area contributed by atoms with E-state index in [4.69, 9.17) is 0 Å². The van der Waals surface area contributed by atoms with Gasteiger partial charge in [0.1, 0.15) is 11.6 Å². The molecule has 1 fully saturated rings. The van der Waals surface area contributed by atoms with Crippen molar-refractivity contribution in [2.45, 2.75) is 25.0 Å². The van der Waals surface area contributed by atoms with E-state index in [0.717, 1.165) is 11.6 Å². The second-order valence-electron chi connectivity index (χ2n) is 7.63. The highest BCUT2D eigenvalue weighted by Crippen LogP contribution is 2.46. The van der Waals surface area contributed by atoms with Crippen LogP contribution in [0.5, 0.6) is 11.5 Å². The minimum Gasteiger partial charge on any atom is -0.508 e. The zero-order valence-electron chi connectivity index (χ0n) is 16.5.